The van der Waals surface area contributed by atoms with Crippen molar-refractivity contribution in [1.29, 1.82) is 0 Å². The molecule has 1 N–H and O–H groups in total. The summed E-state index contributed by atoms with van der Waals surface area (Å²) < 4.78 is 21.7. The Morgan fingerprint density at radius 3 is 2.07 bits per heavy atom. The van der Waals surface area contributed by atoms with E-state index in [0.717, 1.165) is 0 Å². The van der Waals surface area contributed by atoms with Crippen LogP contribution in [0.3, 0.4) is 0 Å². The van der Waals surface area contributed by atoms with Gasteiger partial charge in [0.05, 0.1) is 0 Å². The van der Waals surface area contributed by atoms with E-state index in [1.807, 2.05) is 6.07 Å². The molecular weight excluding hydrogens is 217 g/mol. The van der Waals surface area contributed by atoms with Crippen molar-refractivity contribution in [3.63, 3.8) is 0 Å². The van der Waals surface area contributed by atoms with Crippen LogP contribution in [-0.2, 0) is 19.0 Å². The Bertz CT molecular complexity index is 353. The number of hydrogen-bond donors (Lipinski definition) is 1. The van der Waals surface area contributed by atoms with Crippen molar-refractivity contribution >= 4 is 7.60 Å². The van der Waals surface area contributed by atoms with Crippen molar-refractivity contribution in [3.8, 4) is 0 Å². The molecule has 0 aliphatic rings. The summed E-state index contributed by atoms with van der Waals surface area (Å²) in [4.78, 5) is 0. The Morgan fingerprint density at radius 2 is 1.67 bits per heavy atom. The second kappa shape index (κ2) is 4.45. The van der Waals surface area contributed by atoms with Crippen LogP contribution in [-0.4, -0.2) is 19.3 Å². The lowest BCUT2D eigenvalue weighted by Crippen LogP contribution is -2.23. The van der Waals surface area contributed by atoms with Gasteiger partial charge in [-0.15, -0.1) is 0 Å². The Kier molecular flexibility index (Phi) is 3.68. The van der Waals surface area contributed by atoms with Crippen LogP contribution in [0.4, 0.5) is 0 Å². The topological polar surface area (TPSA) is 55.8 Å². The third-order valence-electron chi connectivity index (χ3n) is 2.33. The van der Waals surface area contributed by atoms with E-state index in [1.54, 1.807) is 24.3 Å². The molecule has 5 heteroatoms. The second-order valence-corrected chi connectivity index (χ2v) is 5.85. The molecular formula is C10H15O4P. The van der Waals surface area contributed by atoms with Gasteiger partial charge >= 0.3 is 7.60 Å². The van der Waals surface area contributed by atoms with Gasteiger partial charge < -0.3 is 14.2 Å². The molecule has 1 rings (SSSR count). The molecule has 15 heavy (non-hydrogen) atoms. The monoisotopic (exact) mass is 232 g/mol. The fourth-order valence-corrected chi connectivity index (χ4v) is 2.67. The lowest BCUT2D eigenvalue weighted by atomic mass is 10.1. The lowest BCUT2D eigenvalue weighted by Gasteiger charge is -2.29. The van der Waals surface area contributed by atoms with Gasteiger partial charge in [-0.2, -0.15) is 0 Å². The SMILES string of the molecule is COP(=O)(OC)C(C)([18OH])c1ccccc1. The van der Waals surface area contributed by atoms with Gasteiger partial charge in [0.15, 0.2) is 5.34 Å². The van der Waals surface area contributed by atoms with Crippen molar-refractivity contribution in [2.24, 2.45) is 0 Å². The third kappa shape index (κ3) is 2.13. The molecule has 0 aromatic heterocycles. The van der Waals surface area contributed by atoms with E-state index in [2.05, 4.69) is 0 Å². The maximum atomic E-state index is 12.1. The Labute approximate surface area is 89.4 Å². The Balaban J connectivity index is 3.18. The molecule has 84 valence electrons. The molecule has 0 heterocycles. The van der Waals surface area contributed by atoms with E-state index in [-0.39, 0.29) is 0 Å². The van der Waals surface area contributed by atoms with Crippen molar-refractivity contribution < 1.29 is 18.7 Å². The van der Waals surface area contributed by atoms with Crippen LogP contribution in [0, 0.1) is 0 Å². The molecule has 0 saturated heterocycles. The molecule has 0 bridgehead atoms. The first kappa shape index (κ1) is 12.4. The molecule has 1 atom stereocenters. The summed E-state index contributed by atoms with van der Waals surface area (Å²) in [5.41, 5.74) is 0.497. The lowest BCUT2D eigenvalue weighted by molar-refractivity contribution is 0.0932. The first-order valence-electron chi connectivity index (χ1n) is 4.47. The van der Waals surface area contributed by atoms with Crippen LogP contribution in [0.5, 0.6) is 0 Å². The van der Waals surface area contributed by atoms with E-state index >= 15 is 0 Å². The molecule has 0 radical (unpaired) electrons. The normalized spacial score (nSPS) is 16.0. The van der Waals surface area contributed by atoms with Gasteiger partial charge in [0.2, 0.25) is 0 Å². The van der Waals surface area contributed by atoms with E-state index in [1.165, 1.54) is 21.1 Å². The van der Waals surface area contributed by atoms with Crippen molar-refractivity contribution in [3.05, 3.63) is 35.9 Å². The van der Waals surface area contributed by atoms with E-state index in [9.17, 15) is 9.67 Å². The van der Waals surface area contributed by atoms with Crippen LogP contribution in [0.15, 0.2) is 30.3 Å². The minimum atomic E-state index is -3.55. The standard InChI is InChI=1S/C10H15O4P/c1-10(11,15(12,13-2)14-3)9-7-5-4-6-8-9/h4-8,11H,1-3H3/i11+2. The van der Waals surface area contributed by atoms with Gasteiger partial charge in [-0.3, -0.25) is 4.57 Å². The van der Waals surface area contributed by atoms with Gasteiger partial charge in [0, 0.05) is 14.2 Å². The first-order valence-corrected chi connectivity index (χ1v) is 6.01. The summed E-state index contributed by atoms with van der Waals surface area (Å²) >= 11 is 0. The number of rotatable bonds is 4. The fourth-order valence-electron chi connectivity index (χ4n) is 1.34. The van der Waals surface area contributed by atoms with E-state index < -0.39 is 12.9 Å². The van der Waals surface area contributed by atoms with Gasteiger partial charge in [-0.1, -0.05) is 30.3 Å². The quantitative estimate of drug-likeness (QED) is 0.639. The molecule has 0 fully saturated rings. The number of benzene rings is 1. The second-order valence-electron chi connectivity index (χ2n) is 3.25. The van der Waals surface area contributed by atoms with Crippen LogP contribution in [0.25, 0.3) is 0 Å². The minimum Gasteiger partial charge on any atom is -0.373 e. The van der Waals surface area contributed by atoms with Crippen molar-refractivity contribution in [2.45, 2.75) is 12.3 Å². The van der Waals surface area contributed by atoms with Crippen molar-refractivity contribution in [2.75, 3.05) is 14.2 Å². The summed E-state index contributed by atoms with van der Waals surface area (Å²) in [7, 11) is -1.05. The maximum absolute atomic E-state index is 12.1. The highest BCUT2D eigenvalue weighted by Gasteiger charge is 2.45. The third-order valence-corrected chi connectivity index (χ3v) is 4.62. The van der Waals surface area contributed by atoms with E-state index in [0.29, 0.717) is 5.56 Å². The molecule has 1 aromatic carbocycles. The van der Waals surface area contributed by atoms with Crippen molar-refractivity contribution in [1.82, 2.24) is 0 Å². The number of hydrogen-bond acceptors (Lipinski definition) is 4. The molecule has 0 amide bonds. The van der Waals surface area contributed by atoms with E-state index in [4.69, 9.17) is 9.05 Å². The highest BCUT2D eigenvalue weighted by Crippen LogP contribution is 2.62. The smallest absolute Gasteiger partial charge is 0.365 e. The zero-order chi connectivity index (χ0) is 11.5. The summed E-state index contributed by atoms with van der Waals surface area (Å²) in [6, 6.07) is 8.65. The maximum Gasteiger partial charge on any atom is 0.365 e. The minimum absolute atomic E-state index is 0.497. The van der Waals surface area contributed by atoms with Gasteiger partial charge in [-0.05, 0) is 12.5 Å². The summed E-state index contributed by atoms with van der Waals surface area (Å²) in [5, 5.41) is 8.55. The average Bonchev–Trinajstić information content (AvgIpc) is 2.29. The average molecular weight is 232 g/mol. The molecule has 4 nitrogen and oxygen atoms in total. The van der Waals surface area contributed by atoms with Crippen LogP contribution >= 0.6 is 7.60 Å². The highest BCUT2D eigenvalue weighted by molar-refractivity contribution is 7.54. The zero-order valence-electron chi connectivity index (χ0n) is 9.01. The van der Waals surface area contributed by atoms with Gasteiger partial charge in [0.25, 0.3) is 0 Å². The van der Waals surface area contributed by atoms with Gasteiger partial charge in [0.1, 0.15) is 0 Å². The summed E-state index contributed by atoms with van der Waals surface area (Å²) in [6.45, 7) is 1.41. The summed E-state index contributed by atoms with van der Waals surface area (Å²) in [5.74, 6) is 0. The zero-order valence-corrected chi connectivity index (χ0v) is 9.90. The van der Waals surface area contributed by atoms with Crippen LogP contribution in [0.1, 0.15) is 12.5 Å². The predicted molar refractivity (Wildman–Crippen MR) is 57.6 cm³/mol. The Morgan fingerprint density at radius 1 is 1.20 bits per heavy atom. The largest absolute Gasteiger partial charge is 0.373 e. The van der Waals surface area contributed by atoms with Gasteiger partial charge in [-0.25, -0.2) is 0 Å². The first-order chi connectivity index (χ1) is 6.98. The molecule has 0 spiro atoms. The molecule has 0 aliphatic heterocycles. The molecule has 1 aromatic rings. The van der Waals surface area contributed by atoms with Crippen LogP contribution in [0.2, 0.25) is 0 Å². The molecule has 1 unspecified atom stereocenters. The predicted octanol–water partition coefficient (Wildman–Crippen LogP) is 2.34. The molecule has 0 aliphatic carbocycles. The Hall–Kier alpha value is -0.670. The fraction of sp³-hybridized carbons (Fsp3) is 0.400. The highest BCUT2D eigenvalue weighted by atomic mass is 31.2. The van der Waals surface area contributed by atoms with Crippen LogP contribution < -0.4 is 0 Å². The number of aliphatic hydroxyl groups is 1. The summed E-state index contributed by atoms with van der Waals surface area (Å²) in [6.07, 6.45) is 0. The molecule has 0 saturated carbocycles.